The van der Waals surface area contributed by atoms with Crippen LogP contribution >= 0.6 is 0 Å². The number of benzene rings is 4. The van der Waals surface area contributed by atoms with E-state index in [1.54, 1.807) is 16.8 Å². The van der Waals surface area contributed by atoms with Crippen molar-refractivity contribution in [2.75, 3.05) is 0 Å². The highest BCUT2D eigenvalue weighted by atomic mass is 19.1. The average Bonchev–Trinajstić information content (AvgIpc) is 3.43. The van der Waals surface area contributed by atoms with E-state index in [1.807, 2.05) is 73.7 Å². The lowest BCUT2D eigenvalue weighted by atomic mass is 10.0. The first-order valence-corrected chi connectivity index (χ1v) is 13.5. The zero-order chi connectivity index (χ0) is 28.2. The number of hydrogen-bond donors (Lipinski definition) is 1. The smallest absolute Gasteiger partial charge is 0.253 e. The van der Waals surface area contributed by atoms with E-state index in [9.17, 15) is 9.18 Å². The molecule has 1 N–H and O–H groups in total. The lowest BCUT2D eigenvalue weighted by molar-refractivity contribution is 0.194. The number of rotatable bonds is 9. The van der Waals surface area contributed by atoms with Crippen LogP contribution < -0.4 is 5.56 Å². The van der Waals surface area contributed by atoms with Gasteiger partial charge >= 0.3 is 0 Å². The molecule has 0 spiro atoms. The summed E-state index contributed by atoms with van der Waals surface area (Å²) in [7, 11) is 0. The van der Waals surface area contributed by atoms with Gasteiger partial charge in [-0.05, 0) is 69.8 Å². The molecule has 2 heterocycles. The molecule has 1 unspecified atom stereocenters. The first-order chi connectivity index (χ1) is 20.0. The number of aryl methyl sites for hydroxylation is 1. The molecule has 1 atom stereocenters. The Labute approximate surface area is 236 Å². The highest BCUT2D eigenvalue weighted by Gasteiger charge is 2.31. The molecular formula is C33H29FN6O. The van der Waals surface area contributed by atoms with Crippen molar-refractivity contribution in [1.29, 1.82) is 0 Å². The van der Waals surface area contributed by atoms with Gasteiger partial charge in [0.2, 0.25) is 0 Å². The van der Waals surface area contributed by atoms with Crippen LogP contribution in [0.25, 0.3) is 10.9 Å². The Balaban J connectivity index is 1.53. The van der Waals surface area contributed by atoms with E-state index in [-0.39, 0.29) is 11.4 Å². The maximum atomic E-state index is 13.8. The number of H-pyrrole nitrogens is 1. The SMILES string of the molecule is Cc1ccc2[nH]c(=O)c(C(c3nnnn3Cc3ccccc3)N(Cc3ccccc3)Cc3ccc(F)cc3)cc2c1. The summed E-state index contributed by atoms with van der Waals surface area (Å²) in [6, 6.07) is 33.8. The molecule has 0 saturated heterocycles. The summed E-state index contributed by atoms with van der Waals surface area (Å²) in [4.78, 5) is 19.0. The molecule has 0 aliphatic heterocycles. The minimum Gasteiger partial charge on any atom is -0.322 e. The van der Waals surface area contributed by atoms with E-state index < -0.39 is 6.04 Å². The van der Waals surface area contributed by atoms with Gasteiger partial charge in [-0.3, -0.25) is 9.69 Å². The quantitative estimate of drug-likeness (QED) is 0.249. The van der Waals surface area contributed by atoms with Crippen molar-refractivity contribution in [3.8, 4) is 0 Å². The summed E-state index contributed by atoms with van der Waals surface area (Å²) < 4.78 is 15.6. The second-order valence-electron chi connectivity index (χ2n) is 10.2. The van der Waals surface area contributed by atoms with Gasteiger partial charge in [-0.1, -0.05) is 84.4 Å². The number of aromatic amines is 1. The number of pyridine rings is 1. The molecule has 7 nitrogen and oxygen atoms in total. The molecule has 0 bridgehead atoms. The van der Waals surface area contributed by atoms with Crippen LogP contribution in [0.1, 0.15) is 39.7 Å². The molecule has 204 valence electrons. The van der Waals surface area contributed by atoms with E-state index in [1.165, 1.54) is 12.1 Å². The molecule has 0 radical (unpaired) electrons. The fourth-order valence-corrected chi connectivity index (χ4v) is 5.20. The Morgan fingerprint density at radius 1 is 0.829 bits per heavy atom. The molecule has 0 aliphatic carbocycles. The first-order valence-electron chi connectivity index (χ1n) is 13.5. The zero-order valence-corrected chi connectivity index (χ0v) is 22.6. The third kappa shape index (κ3) is 5.97. The zero-order valence-electron chi connectivity index (χ0n) is 22.6. The Morgan fingerprint density at radius 3 is 2.20 bits per heavy atom. The van der Waals surface area contributed by atoms with Crippen molar-refractivity contribution in [1.82, 2.24) is 30.1 Å². The predicted octanol–water partition coefficient (Wildman–Crippen LogP) is 5.80. The average molecular weight is 545 g/mol. The standard InChI is InChI=1S/C33H29FN6O/c1-23-12-17-30-27(18-23)19-29(33(41)35-30)31(32-36-37-38-40(32)22-25-10-6-3-7-11-25)39(20-24-8-4-2-5-9-24)21-26-13-15-28(34)16-14-26/h2-19,31H,20-22H2,1H3,(H,35,41). The molecular weight excluding hydrogens is 515 g/mol. The monoisotopic (exact) mass is 544 g/mol. The van der Waals surface area contributed by atoms with E-state index in [0.29, 0.717) is 31.0 Å². The summed E-state index contributed by atoms with van der Waals surface area (Å²) in [5.41, 5.74) is 5.18. The second-order valence-corrected chi connectivity index (χ2v) is 10.2. The maximum Gasteiger partial charge on any atom is 0.253 e. The maximum absolute atomic E-state index is 13.8. The molecule has 2 aromatic heterocycles. The molecule has 6 rings (SSSR count). The van der Waals surface area contributed by atoms with Crippen LogP contribution in [0.2, 0.25) is 0 Å². The first kappa shape index (κ1) is 26.3. The van der Waals surface area contributed by atoms with Crippen LogP contribution in [-0.2, 0) is 19.6 Å². The van der Waals surface area contributed by atoms with Crippen molar-refractivity contribution in [2.45, 2.75) is 32.6 Å². The Kier molecular flexibility index (Phi) is 7.47. The van der Waals surface area contributed by atoms with Crippen LogP contribution in [-0.4, -0.2) is 30.1 Å². The van der Waals surface area contributed by atoms with E-state index in [0.717, 1.165) is 33.2 Å². The minimum atomic E-state index is -0.604. The predicted molar refractivity (Wildman–Crippen MR) is 157 cm³/mol. The lowest BCUT2D eigenvalue weighted by Crippen LogP contribution is -2.35. The van der Waals surface area contributed by atoms with E-state index in [2.05, 4.69) is 43.6 Å². The Hall–Kier alpha value is -4.95. The van der Waals surface area contributed by atoms with Gasteiger partial charge in [-0.25, -0.2) is 9.07 Å². The summed E-state index contributed by atoms with van der Waals surface area (Å²) >= 11 is 0. The van der Waals surface area contributed by atoms with Gasteiger partial charge in [0.25, 0.3) is 5.56 Å². The third-order valence-corrected chi connectivity index (χ3v) is 7.19. The van der Waals surface area contributed by atoms with Gasteiger partial charge in [0.15, 0.2) is 5.82 Å². The van der Waals surface area contributed by atoms with Gasteiger partial charge in [-0.2, -0.15) is 0 Å². The molecule has 6 aromatic rings. The van der Waals surface area contributed by atoms with Crippen molar-refractivity contribution in [2.24, 2.45) is 0 Å². The molecule has 4 aromatic carbocycles. The fourth-order valence-electron chi connectivity index (χ4n) is 5.20. The van der Waals surface area contributed by atoms with Crippen molar-refractivity contribution >= 4 is 10.9 Å². The van der Waals surface area contributed by atoms with Gasteiger partial charge in [0, 0.05) is 24.2 Å². The highest BCUT2D eigenvalue weighted by Crippen LogP contribution is 2.30. The van der Waals surface area contributed by atoms with E-state index >= 15 is 0 Å². The second kappa shape index (κ2) is 11.7. The summed E-state index contributed by atoms with van der Waals surface area (Å²) in [5.74, 6) is 0.248. The Bertz CT molecular complexity index is 1820. The number of aromatic nitrogens is 5. The van der Waals surface area contributed by atoms with Crippen LogP contribution in [0.4, 0.5) is 4.39 Å². The van der Waals surface area contributed by atoms with Gasteiger partial charge < -0.3 is 4.98 Å². The van der Waals surface area contributed by atoms with E-state index in [4.69, 9.17) is 0 Å². The normalized spacial score (nSPS) is 12.2. The summed E-state index contributed by atoms with van der Waals surface area (Å²) in [5, 5.41) is 13.8. The number of tetrazole rings is 1. The number of nitrogens with one attached hydrogen (secondary N) is 1. The topological polar surface area (TPSA) is 79.7 Å². The molecule has 0 aliphatic rings. The van der Waals surface area contributed by atoms with Crippen LogP contribution in [0.5, 0.6) is 0 Å². The molecule has 8 heteroatoms. The number of hydrogen-bond acceptors (Lipinski definition) is 5. The molecule has 0 saturated carbocycles. The molecule has 0 fully saturated rings. The van der Waals surface area contributed by atoms with Crippen LogP contribution in [0.15, 0.2) is 114 Å². The largest absolute Gasteiger partial charge is 0.322 e. The number of nitrogens with zero attached hydrogens (tertiary/aromatic N) is 5. The molecule has 41 heavy (non-hydrogen) atoms. The number of fused-ring (bicyclic) bond motifs is 1. The van der Waals surface area contributed by atoms with Gasteiger partial charge in [0.1, 0.15) is 11.9 Å². The van der Waals surface area contributed by atoms with Crippen LogP contribution in [0.3, 0.4) is 0 Å². The Morgan fingerprint density at radius 2 is 1.49 bits per heavy atom. The summed E-state index contributed by atoms with van der Waals surface area (Å²) in [6.07, 6.45) is 0. The third-order valence-electron chi connectivity index (χ3n) is 7.19. The molecule has 0 amide bonds. The minimum absolute atomic E-state index is 0.210. The number of halogens is 1. The fraction of sp³-hybridized carbons (Fsp3) is 0.152. The van der Waals surface area contributed by atoms with Crippen molar-refractivity contribution in [3.63, 3.8) is 0 Å². The van der Waals surface area contributed by atoms with Crippen molar-refractivity contribution in [3.05, 3.63) is 159 Å². The van der Waals surface area contributed by atoms with Gasteiger partial charge in [-0.15, -0.1) is 5.10 Å². The highest BCUT2D eigenvalue weighted by molar-refractivity contribution is 5.79. The lowest BCUT2D eigenvalue weighted by Gasteiger charge is -2.31. The van der Waals surface area contributed by atoms with Crippen LogP contribution in [0, 0.1) is 12.7 Å². The summed E-state index contributed by atoms with van der Waals surface area (Å²) in [6.45, 7) is 3.41. The van der Waals surface area contributed by atoms with Crippen molar-refractivity contribution < 1.29 is 4.39 Å². The van der Waals surface area contributed by atoms with Gasteiger partial charge in [0.05, 0.1) is 6.54 Å².